The lowest BCUT2D eigenvalue weighted by Gasteiger charge is -1.90. The highest BCUT2D eigenvalue weighted by Gasteiger charge is 2.06. The fourth-order valence-corrected chi connectivity index (χ4v) is 1.10. The van der Waals surface area contributed by atoms with Crippen LogP contribution in [0.15, 0.2) is 29.0 Å². The lowest BCUT2D eigenvalue weighted by Crippen LogP contribution is -2.04. The van der Waals surface area contributed by atoms with E-state index in [1.54, 1.807) is 12.4 Å². The highest BCUT2D eigenvalue weighted by molar-refractivity contribution is 5.52. The molecule has 72 valence electrons. The van der Waals surface area contributed by atoms with E-state index in [2.05, 4.69) is 20.4 Å². The first-order chi connectivity index (χ1) is 6.90. The molecule has 2 rings (SSSR count). The fraction of sp³-hybridized carbons (Fsp3) is 0.222. The highest BCUT2D eigenvalue weighted by Crippen LogP contribution is 2.13. The second kappa shape index (κ2) is 3.97. The fourth-order valence-electron chi connectivity index (χ4n) is 1.10. The van der Waals surface area contributed by atoms with Crippen LogP contribution in [0.4, 0.5) is 0 Å². The molecule has 0 saturated carbocycles. The van der Waals surface area contributed by atoms with E-state index in [1.165, 1.54) is 0 Å². The van der Waals surface area contributed by atoms with Crippen LogP contribution in [0.1, 0.15) is 5.89 Å². The van der Waals surface area contributed by atoms with E-state index in [0.717, 1.165) is 5.56 Å². The molecule has 5 heteroatoms. The van der Waals surface area contributed by atoms with Crippen LogP contribution in [-0.2, 0) is 6.54 Å². The van der Waals surface area contributed by atoms with Gasteiger partial charge in [0.05, 0.1) is 6.54 Å². The van der Waals surface area contributed by atoms with E-state index in [1.807, 2.05) is 19.2 Å². The van der Waals surface area contributed by atoms with Crippen molar-refractivity contribution in [3.05, 3.63) is 30.4 Å². The minimum absolute atomic E-state index is 0.581. The standard InChI is InChI=1S/C9H10N4O/c1-10-6-8-12-9(13-14-8)7-2-4-11-5-3-7/h2-5,10H,6H2,1H3. The van der Waals surface area contributed by atoms with Crippen LogP contribution >= 0.6 is 0 Å². The molecule has 0 spiro atoms. The Hall–Kier alpha value is -1.75. The molecular formula is C9H10N4O. The second-order valence-corrected chi connectivity index (χ2v) is 2.78. The molecule has 0 radical (unpaired) electrons. The van der Waals surface area contributed by atoms with Gasteiger partial charge in [-0.1, -0.05) is 5.16 Å². The molecule has 0 amide bonds. The molecule has 0 unspecified atom stereocenters. The van der Waals surface area contributed by atoms with Gasteiger partial charge in [0.2, 0.25) is 11.7 Å². The van der Waals surface area contributed by atoms with E-state index < -0.39 is 0 Å². The van der Waals surface area contributed by atoms with E-state index >= 15 is 0 Å². The summed E-state index contributed by atoms with van der Waals surface area (Å²) in [6, 6.07) is 3.68. The molecule has 2 aromatic rings. The number of nitrogens with zero attached hydrogens (tertiary/aromatic N) is 3. The Morgan fingerprint density at radius 2 is 2.14 bits per heavy atom. The Morgan fingerprint density at radius 3 is 2.86 bits per heavy atom. The summed E-state index contributed by atoms with van der Waals surface area (Å²) in [5, 5.41) is 6.79. The van der Waals surface area contributed by atoms with Crippen LogP contribution in [0.5, 0.6) is 0 Å². The first kappa shape index (κ1) is 8.83. The zero-order valence-electron chi connectivity index (χ0n) is 7.77. The Bertz CT molecular complexity index is 398. The van der Waals surface area contributed by atoms with Gasteiger partial charge in [-0.2, -0.15) is 4.98 Å². The van der Waals surface area contributed by atoms with Crippen molar-refractivity contribution in [2.45, 2.75) is 6.54 Å². The number of aromatic nitrogens is 3. The lowest BCUT2D eigenvalue weighted by atomic mass is 10.2. The Labute approximate surface area is 81.2 Å². The number of rotatable bonds is 3. The Kier molecular flexibility index (Phi) is 2.51. The smallest absolute Gasteiger partial charge is 0.240 e. The van der Waals surface area contributed by atoms with Crippen molar-refractivity contribution < 1.29 is 4.52 Å². The predicted octanol–water partition coefficient (Wildman–Crippen LogP) is 0.851. The van der Waals surface area contributed by atoms with Crippen LogP contribution in [0.2, 0.25) is 0 Å². The largest absolute Gasteiger partial charge is 0.338 e. The van der Waals surface area contributed by atoms with Gasteiger partial charge in [-0.3, -0.25) is 4.98 Å². The minimum atomic E-state index is 0.581. The van der Waals surface area contributed by atoms with E-state index in [9.17, 15) is 0 Å². The number of hydrogen-bond acceptors (Lipinski definition) is 5. The van der Waals surface area contributed by atoms with Crippen molar-refractivity contribution >= 4 is 0 Å². The van der Waals surface area contributed by atoms with Crippen molar-refractivity contribution in [3.63, 3.8) is 0 Å². The molecule has 0 bridgehead atoms. The first-order valence-electron chi connectivity index (χ1n) is 4.28. The summed E-state index contributed by atoms with van der Waals surface area (Å²) in [5.41, 5.74) is 0.908. The molecule has 0 saturated heterocycles. The maximum atomic E-state index is 5.02. The van der Waals surface area contributed by atoms with E-state index in [0.29, 0.717) is 18.3 Å². The van der Waals surface area contributed by atoms with Crippen molar-refractivity contribution in [1.29, 1.82) is 0 Å². The zero-order valence-corrected chi connectivity index (χ0v) is 7.77. The van der Waals surface area contributed by atoms with Crippen molar-refractivity contribution in [1.82, 2.24) is 20.4 Å². The van der Waals surface area contributed by atoms with Gasteiger partial charge in [0.15, 0.2) is 0 Å². The predicted molar refractivity (Wildman–Crippen MR) is 50.3 cm³/mol. The molecule has 0 aliphatic heterocycles. The normalized spacial score (nSPS) is 10.4. The third-order valence-corrected chi connectivity index (χ3v) is 1.73. The molecule has 2 heterocycles. The highest BCUT2D eigenvalue weighted by atomic mass is 16.5. The minimum Gasteiger partial charge on any atom is -0.338 e. The third kappa shape index (κ3) is 1.77. The van der Waals surface area contributed by atoms with Gasteiger partial charge in [0.25, 0.3) is 0 Å². The van der Waals surface area contributed by atoms with Gasteiger partial charge in [0.1, 0.15) is 0 Å². The maximum Gasteiger partial charge on any atom is 0.240 e. The van der Waals surface area contributed by atoms with Crippen molar-refractivity contribution in [2.75, 3.05) is 7.05 Å². The van der Waals surface area contributed by atoms with Crippen molar-refractivity contribution in [2.24, 2.45) is 0 Å². The maximum absolute atomic E-state index is 5.02. The SMILES string of the molecule is CNCc1nc(-c2ccncc2)no1. The van der Waals surface area contributed by atoms with Gasteiger partial charge in [-0.25, -0.2) is 0 Å². The third-order valence-electron chi connectivity index (χ3n) is 1.73. The molecule has 0 atom stereocenters. The zero-order chi connectivity index (χ0) is 9.80. The summed E-state index contributed by atoms with van der Waals surface area (Å²) < 4.78 is 5.02. The quantitative estimate of drug-likeness (QED) is 0.777. The topological polar surface area (TPSA) is 63.8 Å². The van der Waals surface area contributed by atoms with Crippen LogP contribution in [-0.4, -0.2) is 22.2 Å². The summed E-state index contributed by atoms with van der Waals surface area (Å²) in [5.74, 6) is 1.18. The van der Waals surface area contributed by atoms with Crippen LogP contribution < -0.4 is 5.32 Å². The van der Waals surface area contributed by atoms with Crippen LogP contribution in [0.25, 0.3) is 11.4 Å². The summed E-state index contributed by atoms with van der Waals surface area (Å²) in [4.78, 5) is 8.12. The summed E-state index contributed by atoms with van der Waals surface area (Å²) in [6.45, 7) is 0.581. The molecular weight excluding hydrogens is 180 g/mol. The summed E-state index contributed by atoms with van der Waals surface area (Å²) in [7, 11) is 1.83. The van der Waals surface area contributed by atoms with E-state index in [-0.39, 0.29) is 0 Å². The van der Waals surface area contributed by atoms with Gasteiger partial charge in [-0.15, -0.1) is 0 Å². The second-order valence-electron chi connectivity index (χ2n) is 2.78. The molecule has 5 nitrogen and oxygen atoms in total. The molecule has 0 fully saturated rings. The summed E-state index contributed by atoms with van der Waals surface area (Å²) >= 11 is 0. The van der Waals surface area contributed by atoms with E-state index in [4.69, 9.17) is 4.52 Å². The lowest BCUT2D eigenvalue weighted by molar-refractivity contribution is 0.372. The summed E-state index contributed by atoms with van der Waals surface area (Å²) in [6.07, 6.45) is 3.40. The average molecular weight is 190 g/mol. The number of nitrogens with one attached hydrogen (secondary N) is 1. The van der Waals surface area contributed by atoms with Crippen molar-refractivity contribution in [3.8, 4) is 11.4 Å². The van der Waals surface area contributed by atoms with Crippen LogP contribution in [0.3, 0.4) is 0 Å². The van der Waals surface area contributed by atoms with Gasteiger partial charge < -0.3 is 9.84 Å². The average Bonchev–Trinajstić information content (AvgIpc) is 2.68. The number of hydrogen-bond donors (Lipinski definition) is 1. The Balaban J connectivity index is 2.25. The van der Waals surface area contributed by atoms with Gasteiger partial charge in [-0.05, 0) is 19.2 Å². The molecule has 14 heavy (non-hydrogen) atoms. The Morgan fingerprint density at radius 1 is 1.36 bits per heavy atom. The molecule has 0 aliphatic carbocycles. The van der Waals surface area contributed by atoms with Crippen LogP contribution in [0, 0.1) is 0 Å². The van der Waals surface area contributed by atoms with Gasteiger partial charge >= 0.3 is 0 Å². The molecule has 0 aromatic carbocycles. The molecule has 1 N–H and O–H groups in total. The number of pyridine rings is 1. The monoisotopic (exact) mass is 190 g/mol. The molecule has 0 aliphatic rings. The van der Waals surface area contributed by atoms with Gasteiger partial charge in [0, 0.05) is 18.0 Å². The molecule has 2 aromatic heterocycles. The first-order valence-corrected chi connectivity index (χ1v) is 4.28.